The molecule has 10 heteroatoms. The van der Waals surface area contributed by atoms with E-state index in [1.165, 1.54) is 18.2 Å². The van der Waals surface area contributed by atoms with Crippen molar-refractivity contribution in [1.82, 2.24) is 20.2 Å². The average Bonchev–Trinajstić information content (AvgIpc) is 3.55. The van der Waals surface area contributed by atoms with Gasteiger partial charge in [-0.05, 0) is 61.9 Å². The number of hydrogen-bond acceptors (Lipinski definition) is 7. The lowest BCUT2D eigenvalue weighted by molar-refractivity contribution is 0.107. The van der Waals surface area contributed by atoms with Crippen LogP contribution in [0.25, 0.3) is 32.8 Å². The van der Waals surface area contributed by atoms with E-state index in [9.17, 15) is 9.50 Å². The van der Waals surface area contributed by atoms with E-state index >= 15 is 8.78 Å². The topological polar surface area (TPSA) is 73.8 Å². The van der Waals surface area contributed by atoms with E-state index in [4.69, 9.17) is 16.1 Å². The van der Waals surface area contributed by atoms with Gasteiger partial charge in [0.25, 0.3) is 0 Å². The van der Waals surface area contributed by atoms with Crippen LogP contribution in [0.5, 0.6) is 11.8 Å². The highest BCUT2D eigenvalue weighted by atomic mass is 19.1. The van der Waals surface area contributed by atoms with Gasteiger partial charge in [-0.1, -0.05) is 18.1 Å². The molecule has 4 atom stereocenters. The maximum atomic E-state index is 16.8. The van der Waals surface area contributed by atoms with Crippen molar-refractivity contribution in [2.75, 3.05) is 37.7 Å². The van der Waals surface area contributed by atoms with E-state index in [1.54, 1.807) is 18.2 Å². The van der Waals surface area contributed by atoms with Crippen LogP contribution >= 0.6 is 0 Å². The van der Waals surface area contributed by atoms with E-state index in [2.05, 4.69) is 26.0 Å². The predicted molar refractivity (Wildman–Crippen MR) is 163 cm³/mol. The lowest BCUT2D eigenvalue weighted by Crippen LogP contribution is -2.61. The Labute approximate surface area is 253 Å². The fourth-order valence-corrected chi connectivity index (χ4v) is 8.04. The monoisotopic (exact) mass is 599 g/mol. The van der Waals surface area contributed by atoms with Crippen molar-refractivity contribution >= 4 is 27.5 Å². The quantitative estimate of drug-likeness (QED) is 0.301. The fraction of sp³-hybridized carbons (Fsp3) is 0.412. The Hall–Kier alpha value is -4.07. The lowest BCUT2D eigenvalue weighted by atomic mass is 9.91. The molecule has 5 saturated heterocycles. The number of piperidine rings is 2. The molecule has 226 valence electrons. The summed E-state index contributed by atoms with van der Waals surface area (Å²) in [4.78, 5) is 13.5. The van der Waals surface area contributed by atoms with Crippen molar-refractivity contribution in [3.63, 3.8) is 0 Å². The molecule has 0 saturated carbocycles. The summed E-state index contributed by atoms with van der Waals surface area (Å²) in [6.07, 6.45) is 8.95. The number of piperazine rings is 1. The summed E-state index contributed by atoms with van der Waals surface area (Å²) in [7, 11) is 0. The number of halogens is 3. The number of fused-ring (bicyclic) bond motifs is 6. The maximum absolute atomic E-state index is 16.8. The van der Waals surface area contributed by atoms with Gasteiger partial charge in [0.05, 0.1) is 11.1 Å². The molecule has 44 heavy (non-hydrogen) atoms. The van der Waals surface area contributed by atoms with Gasteiger partial charge in [0.1, 0.15) is 35.7 Å². The first-order valence-electron chi connectivity index (χ1n) is 15.3. The van der Waals surface area contributed by atoms with Gasteiger partial charge in [-0.25, -0.2) is 13.2 Å². The molecule has 9 rings (SSSR count). The van der Waals surface area contributed by atoms with Crippen LogP contribution in [-0.2, 0) is 0 Å². The average molecular weight is 600 g/mol. The number of ether oxygens (including phenoxy) is 1. The summed E-state index contributed by atoms with van der Waals surface area (Å²) in [5, 5.41) is 15.3. The third kappa shape index (κ3) is 4.28. The number of phenols is 1. The Morgan fingerprint density at radius 3 is 2.82 bits per heavy atom. The highest BCUT2D eigenvalue weighted by Crippen LogP contribution is 2.43. The Morgan fingerprint density at radius 2 is 2.05 bits per heavy atom. The number of benzene rings is 3. The number of aromatic hydroxyl groups is 1. The van der Waals surface area contributed by atoms with Crippen LogP contribution in [-0.4, -0.2) is 76.6 Å². The van der Waals surface area contributed by atoms with Gasteiger partial charge in [0, 0.05) is 60.0 Å². The molecule has 5 fully saturated rings. The van der Waals surface area contributed by atoms with Crippen LogP contribution in [0.15, 0.2) is 36.4 Å². The molecular weight excluding hydrogens is 567 g/mol. The van der Waals surface area contributed by atoms with Crippen molar-refractivity contribution in [3.8, 4) is 35.2 Å². The van der Waals surface area contributed by atoms with Crippen molar-refractivity contribution in [1.29, 1.82) is 0 Å². The van der Waals surface area contributed by atoms with Crippen LogP contribution < -0.4 is 15.0 Å². The Balaban J connectivity index is 1.30. The second-order valence-electron chi connectivity index (χ2n) is 12.7. The fourth-order valence-electron chi connectivity index (χ4n) is 8.04. The molecule has 0 radical (unpaired) electrons. The maximum Gasteiger partial charge on any atom is 0.319 e. The van der Waals surface area contributed by atoms with Gasteiger partial charge < -0.3 is 20.1 Å². The number of nitrogens with zero attached hydrogens (tertiary/aromatic N) is 4. The number of anilines is 1. The smallest absolute Gasteiger partial charge is 0.319 e. The molecule has 5 aliphatic rings. The molecule has 0 amide bonds. The first-order chi connectivity index (χ1) is 21.3. The van der Waals surface area contributed by atoms with E-state index in [0.717, 1.165) is 38.8 Å². The molecule has 0 aliphatic carbocycles. The molecule has 6 heterocycles. The summed E-state index contributed by atoms with van der Waals surface area (Å²) in [5.41, 5.74) is -0.278. The first-order valence-corrected chi connectivity index (χ1v) is 15.3. The van der Waals surface area contributed by atoms with Crippen LogP contribution in [0.3, 0.4) is 0 Å². The third-order valence-corrected chi connectivity index (χ3v) is 10.1. The van der Waals surface area contributed by atoms with Gasteiger partial charge in [0.15, 0.2) is 5.82 Å². The highest BCUT2D eigenvalue weighted by molar-refractivity contribution is 6.04. The number of terminal acetylenes is 1. The first kappa shape index (κ1) is 27.5. The summed E-state index contributed by atoms with van der Waals surface area (Å²) in [5.74, 6) is 1.18. The Kier molecular flexibility index (Phi) is 6.40. The zero-order valence-corrected chi connectivity index (χ0v) is 24.1. The normalized spacial score (nSPS) is 26.4. The molecule has 7 nitrogen and oxygen atoms in total. The Bertz CT molecular complexity index is 1850. The molecule has 0 spiro atoms. The molecule has 2 bridgehead atoms. The lowest BCUT2D eigenvalue weighted by Gasteiger charge is -2.46. The largest absolute Gasteiger partial charge is 0.508 e. The van der Waals surface area contributed by atoms with Crippen molar-refractivity contribution in [2.45, 2.75) is 55.9 Å². The molecule has 3 aromatic carbocycles. The molecule has 0 unspecified atom stereocenters. The summed E-state index contributed by atoms with van der Waals surface area (Å²) < 4.78 is 53.7. The van der Waals surface area contributed by atoms with Crippen molar-refractivity contribution < 1.29 is 23.0 Å². The summed E-state index contributed by atoms with van der Waals surface area (Å²) in [6.45, 7) is 2.77. The van der Waals surface area contributed by atoms with Crippen molar-refractivity contribution in [3.05, 3.63) is 53.6 Å². The van der Waals surface area contributed by atoms with Gasteiger partial charge in [-0.15, -0.1) is 6.42 Å². The molecule has 1 aromatic heterocycles. The molecule has 4 aromatic rings. The van der Waals surface area contributed by atoms with Gasteiger partial charge >= 0.3 is 6.01 Å². The standard InChI is InChI=1S/C34H32F3N5O2/c1-2-19-5-3-6-20-11-24(43)12-25(28(19)20)29-27(36)13-26-31(30(29)37)39-33(40-32(26)42-17-22-7-8-23(42)15-38-22)44-18-34-9-4-10-41(34)16-21(35)14-34/h1,3,5-6,11-13,21-23,38,43H,4,7-10,14-18H2/t21-,22+,23+,34+/m1/s1. The zero-order chi connectivity index (χ0) is 30.2. The summed E-state index contributed by atoms with van der Waals surface area (Å²) in [6, 6.07) is 9.61. The van der Waals surface area contributed by atoms with Crippen molar-refractivity contribution in [2.24, 2.45) is 0 Å². The number of nitrogens with one attached hydrogen (secondary N) is 1. The number of hydrogen-bond donors (Lipinski definition) is 2. The van der Waals surface area contributed by atoms with E-state index in [-0.39, 0.29) is 52.5 Å². The number of rotatable bonds is 5. The minimum atomic E-state index is -0.920. The third-order valence-electron chi connectivity index (χ3n) is 10.1. The number of aromatic nitrogens is 2. The second-order valence-corrected chi connectivity index (χ2v) is 12.7. The van der Waals surface area contributed by atoms with Gasteiger partial charge in [-0.2, -0.15) is 9.97 Å². The molecule has 5 aliphatic heterocycles. The van der Waals surface area contributed by atoms with Crippen LogP contribution in [0, 0.1) is 24.0 Å². The highest BCUT2D eigenvalue weighted by Gasteiger charge is 2.49. The number of alkyl halides is 1. The zero-order valence-electron chi connectivity index (χ0n) is 24.1. The van der Waals surface area contributed by atoms with Crippen LogP contribution in [0.4, 0.5) is 19.0 Å². The predicted octanol–water partition coefficient (Wildman–Crippen LogP) is 5.31. The van der Waals surface area contributed by atoms with E-state index in [0.29, 0.717) is 41.7 Å². The SMILES string of the molecule is C#Cc1cccc2cc(O)cc(-c3c(F)cc4c(N5C[C@@H]6CC[C@H]5CN6)nc(OC[C@@]56CCCN5C[C@H](F)C6)nc4c3F)c12. The van der Waals surface area contributed by atoms with Crippen LogP contribution in [0.2, 0.25) is 0 Å². The van der Waals surface area contributed by atoms with Gasteiger partial charge in [0.2, 0.25) is 0 Å². The van der Waals surface area contributed by atoms with E-state index in [1.807, 2.05) is 0 Å². The molecular formula is C34H32F3N5O2. The summed E-state index contributed by atoms with van der Waals surface area (Å²) >= 11 is 0. The van der Waals surface area contributed by atoms with Crippen LogP contribution in [0.1, 0.15) is 37.7 Å². The Morgan fingerprint density at radius 1 is 1.16 bits per heavy atom. The minimum Gasteiger partial charge on any atom is -0.508 e. The molecule has 2 N–H and O–H groups in total. The van der Waals surface area contributed by atoms with Gasteiger partial charge in [-0.3, -0.25) is 4.90 Å². The van der Waals surface area contributed by atoms with E-state index < -0.39 is 23.3 Å². The number of phenolic OH excluding ortho intramolecular Hbond substituents is 1. The second kappa shape index (κ2) is 10.2. The minimum absolute atomic E-state index is 0.0213.